The van der Waals surface area contributed by atoms with Gasteiger partial charge in [-0.1, -0.05) is 19.8 Å². The fourth-order valence-corrected chi connectivity index (χ4v) is 2.26. The average molecular weight is 242 g/mol. The number of aliphatic carboxylic acids is 1. The molecule has 17 heavy (non-hydrogen) atoms. The number of hydrogen-bond donors (Lipinski definition) is 1. The van der Waals surface area contributed by atoms with E-state index in [0.29, 0.717) is 0 Å². The molecule has 0 radical (unpaired) electrons. The van der Waals surface area contributed by atoms with Crippen LogP contribution in [0.5, 0.6) is 0 Å². The van der Waals surface area contributed by atoms with Crippen LogP contribution in [0, 0.1) is 11.3 Å². The monoisotopic (exact) mass is 242 g/mol. The number of Topliss-reactive ketones (excluding diaryl/α,β-unsaturated/α-hetero) is 1. The number of carbonyl (C=O) groups is 2. The summed E-state index contributed by atoms with van der Waals surface area (Å²) < 4.78 is 5.50. The zero-order chi connectivity index (χ0) is 13.3. The van der Waals surface area contributed by atoms with E-state index in [1.54, 1.807) is 13.8 Å². The Hall–Kier alpha value is -0.900. The SMILES string of the molecule is CCCCC1COC(C)(C(=O)O)C(C)(C)C1=O. The van der Waals surface area contributed by atoms with Gasteiger partial charge in [-0.05, 0) is 27.2 Å². The van der Waals surface area contributed by atoms with Gasteiger partial charge in [-0.3, -0.25) is 4.79 Å². The lowest BCUT2D eigenvalue weighted by atomic mass is 9.66. The molecule has 1 rings (SSSR count). The molecule has 98 valence electrons. The van der Waals surface area contributed by atoms with Gasteiger partial charge in [0.15, 0.2) is 5.60 Å². The molecule has 1 saturated heterocycles. The summed E-state index contributed by atoms with van der Waals surface area (Å²) in [6, 6.07) is 0. The van der Waals surface area contributed by atoms with Crippen LogP contribution < -0.4 is 0 Å². The maximum Gasteiger partial charge on any atom is 0.336 e. The lowest BCUT2D eigenvalue weighted by Crippen LogP contribution is -2.61. The Kier molecular flexibility index (Phi) is 3.97. The first-order valence-corrected chi connectivity index (χ1v) is 6.19. The number of unbranched alkanes of at least 4 members (excludes halogenated alkanes) is 1. The van der Waals surface area contributed by atoms with Gasteiger partial charge in [0.25, 0.3) is 0 Å². The van der Waals surface area contributed by atoms with Crippen molar-refractivity contribution in [3.05, 3.63) is 0 Å². The van der Waals surface area contributed by atoms with Crippen LogP contribution in [0.4, 0.5) is 0 Å². The van der Waals surface area contributed by atoms with E-state index in [9.17, 15) is 14.7 Å². The van der Waals surface area contributed by atoms with Crippen LogP contribution in [0.15, 0.2) is 0 Å². The summed E-state index contributed by atoms with van der Waals surface area (Å²) >= 11 is 0. The standard InChI is InChI=1S/C13H22O4/c1-5-6-7-9-8-17-13(4,11(15)16)12(2,3)10(9)14/h9H,5-8H2,1-4H3,(H,15,16). The fourth-order valence-electron chi connectivity index (χ4n) is 2.26. The van der Waals surface area contributed by atoms with E-state index in [4.69, 9.17) is 4.74 Å². The summed E-state index contributed by atoms with van der Waals surface area (Å²) in [6.07, 6.45) is 2.79. The van der Waals surface area contributed by atoms with Gasteiger partial charge in [-0.2, -0.15) is 0 Å². The number of ketones is 1. The van der Waals surface area contributed by atoms with Crippen molar-refractivity contribution < 1.29 is 19.4 Å². The van der Waals surface area contributed by atoms with Gasteiger partial charge in [-0.15, -0.1) is 0 Å². The highest BCUT2D eigenvalue weighted by molar-refractivity contribution is 5.95. The van der Waals surface area contributed by atoms with Crippen LogP contribution in [0.1, 0.15) is 47.0 Å². The van der Waals surface area contributed by atoms with Crippen LogP contribution in [0.2, 0.25) is 0 Å². The summed E-state index contributed by atoms with van der Waals surface area (Å²) in [6.45, 7) is 7.12. The Morgan fingerprint density at radius 1 is 1.47 bits per heavy atom. The van der Waals surface area contributed by atoms with Gasteiger partial charge in [-0.25, -0.2) is 4.79 Å². The molecule has 1 N–H and O–H groups in total. The molecule has 0 bridgehead atoms. The highest BCUT2D eigenvalue weighted by Crippen LogP contribution is 2.42. The molecule has 0 aromatic heterocycles. The lowest BCUT2D eigenvalue weighted by Gasteiger charge is -2.45. The Morgan fingerprint density at radius 3 is 2.53 bits per heavy atom. The minimum absolute atomic E-state index is 0.0158. The minimum atomic E-state index is -1.41. The summed E-state index contributed by atoms with van der Waals surface area (Å²) in [4.78, 5) is 23.6. The first-order valence-electron chi connectivity index (χ1n) is 6.19. The second kappa shape index (κ2) is 4.77. The van der Waals surface area contributed by atoms with Crippen LogP contribution in [-0.2, 0) is 14.3 Å². The number of ether oxygens (including phenoxy) is 1. The molecule has 1 aliphatic rings. The molecule has 0 aromatic rings. The summed E-state index contributed by atoms with van der Waals surface area (Å²) in [5.74, 6) is -1.20. The van der Waals surface area contributed by atoms with Crippen molar-refractivity contribution in [2.45, 2.75) is 52.6 Å². The van der Waals surface area contributed by atoms with Crippen molar-refractivity contribution in [2.75, 3.05) is 6.61 Å². The third-order valence-electron chi connectivity index (χ3n) is 4.07. The average Bonchev–Trinajstić information content (AvgIpc) is 2.25. The maximum atomic E-state index is 12.3. The molecule has 4 nitrogen and oxygen atoms in total. The van der Waals surface area contributed by atoms with Crippen molar-refractivity contribution in [1.82, 2.24) is 0 Å². The first-order chi connectivity index (χ1) is 7.77. The maximum absolute atomic E-state index is 12.3. The van der Waals surface area contributed by atoms with Crippen molar-refractivity contribution in [1.29, 1.82) is 0 Å². The van der Waals surface area contributed by atoms with Crippen LogP contribution in [-0.4, -0.2) is 29.1 Å². The largest absolute Gasteiger partial charge is 0.479 e. The van der Waals surface area contributed by atoms with Crippen LogP contribution >= 0.6 is 0 Å². The zero-order valence-corrected chi connectivity index (χ0v) is 11.1. The molecule has 4 heteroatoms. The second-order valence-electron chi connectivity index (χ2n) is 5.48. The molecule has 1 fully saturated rings. The third kappa shape index (κ3) is 2.23. The molecular weight excluding hydrogens is 220 g/mol. The Bertz CT molecular complexity index is 321. The van der Waals surface area contributed by atoms with Crippen molar-refractivity contribution in [2.24, 2.45) is 11.3 Å². The molecule has 0 amide bonds. The van der Waals surface area contributed by atoms with E-state index in [-0.39, 0.29) is 18.3 Å². The summed E-state index contributed by atoms with van der Waals surface area (Å²) in [5.41, 5.74) is -2.39. The summed E-state index contributed by atoms with van der Waals surface area (Å²) in [5, 5.41) is 9.24. The highest BCUT2D eigenvalue weighted by atomic mass is 16.5. The van der Waals surface area contributed by atoms with Gasteiger partial charge >= 0.3 is 5.97 Å². The minimum Gasteiger partial charge on any atom is -0.479 e. The Balaban J connectivity index is 2.91. The highest BCUT2D eigenvalue weighted by Gasteiger charge is 2.57. The molecule has 0 saturated carbocycles. The number of hydrogen-bond acceptors (Lipinski definition) is 3. The quantitative estimate of drug-likeness (QED) is 0.821. The van der Waals surface area contributed by atoms with Gasteiger partial charge in [0, 0.05) is 5.92 Å². The Labute approximate surface area is 102 Å². The van der Waals surface area contributed by atoms with Crippen LogP contribution in [0.3, 0.4) is 0 Å². The zero-order valence-electron chi connectivity index (χ0n) is 11.1. The molecule has 1 heterocycles. The molecule has 2 atom stereocenters. The third-order valence-corrected chi connectivity index (χ3v) is 4.07. The number of carbonyl (C=O) groups excluding carboxylic acids is 1. The van der Waals surface area contributed by atoms with Gasteiger partial charge < -0.3 is 9.84 Å². The Morgan fingerprint density at radius 2 is 2.06 bits per heavy atom. The fraction of sp³-hybridized carbons (Fsp3) is 0.846. The first kappa shape index (κ1) is 14.2. The topological polar surface area (TPSA) is 63.6 Å². The molecule has 0 spiro atoms. The van der Waals surface area contributed by atoms with E-state index >= 15 is 0 Å². The molecule has 0 aromatic carbocycles. The number of carboxylic acid groups (broad SMARTS) is 1. The van der Waals surface area contributed by atoms with Gasteiger partial charge in [0.2, 0.25) is 0 Å². The van der Waals surface area contributed by atoms with Crippen molar-refractivity contribution >= 4 is 11.8 Å². The van der Waals surface area contributed by atoms with Crippen LogP contribution in [0.25, 0.3) is 0 Å². The van der Waals surface area contributed by atoms with E-state index in [1.807, 2.05) is 0 Å². The smallest absolute Gasteiger partial charge is 0.336 e. The van der Waals surface area contributed by atoms with Crippen molar-refractivity contribution in [3.63, 3.8) is 0 Å². The molecular formula is C13H22O4. The second-order valence-corrected chi connectivity index (χ2v) is 5.48. The lowest BCUT2D eigenvalue weighted by molar-refractivity contribution is -0.201. The predicted octanol–water partition coefficient (Wildman–Crippen LogP) is 2.26. The summed E-state index contributed by atoms with van der Waals surface area (Å²) in [7, 11) is 0. The van der Waals surface area contributed by atoms with E-state index in [0.717, 1.165) is 19.3 Å². The van der Waals surface area contributed by atoms with Gasteiger partial charge in [0.05, 0.1) is 12.0 Å². The normalized spacial score (nSPS) is 32.5. The van der Waals surface area contributed by atoms with Crippen molar-refractivity contribution in [3.8, 4) is 0 Å². The molecule has 0 aliphatic carbocycles. The number of carboxylic acids is 1. The van der Waals surface area contributed by atoms with E-state index in [2.05, 4.69) is 6.92 Å². The van der Waals surface area contributed by atoms with E-state index in [1.165, 1.54) is 6.92 Å². The molecule has 1 aliphatic heterocycles. The van der Waals surface area contributed by atoms with Gasteiger partial charge in [0.1, 0.15) is 5.78 Å². The number of rotatable bonds is 4. The predicted molar refractivity (Wildman–Crippen MR) is 63.8 cm³/mol. The molecule has 2 unspecified atom stereocenters. The van der Waals surface area contributed by atoms with E-state index < -0.39 is 17.0 Å².